The fourth-order valence-corrected chi connectivity index (χ4v) is 2.44. The number of nitriles is 1. The lowest BCUT2D eigenvalue weighted by atomic mass is 10.1. The van der Waals surface area contributed by atoms with E-state index < -0.39 is 0 Å². The molecule has 0 aliphatic heterocycles. The Balaban J connectivity index is 1.93. The Bertz CT molecular complexity index is 639. The number of nitrogens with zero attached hydrogens (tertiary/aromatic N) is 2. The van der Waals surface area contributed by atoms with Gasteiger partial charge in [-0.2, -0.15) is 5.26 Å². The third kappa shape index (κ3) is 2.60. The first-order chi connectivity index (χ1) is 9.78. The second kappa shape index (κ2) is 5.26. The molecule has 1 aliphatic carbocycles. The minimum Gasteiger partial charge on any atom is -0.397 e. The molecular formula is C17H17N3. The van der Waals surface area contributed by atoms with E-state index in [0.717, 1.165) is 17.9 Å². The van der Waals surface area contributed by atoms with Gasteiger partial charge in [0.05, 0.1) is 23.0 Å². The van der Waals surface area contributed by atoms with Crippen molar-refractivity contribution in [3.8, 4) is 6.07 Å². The van der Waals surface area contributed by atoms with Crippen LogP contribution in [0.25, 0.3) is 0 Å². The van der Waals surface area contributed by atoms with Crippen LogP contribution in [0.5, 0.6) is 0 Å². The second-order valence-corrected chi connectivity index (χ2v) is 5.23. The molecule has 3 heteroatoms. The third-order valence-electron chi connectivity index (χ3n) is 3.65. The van der Waals surface area contributed by atoms with Crippen molar-refractivity contribution in [3.05, 3.63) is 59.7 Å². The maximum Gasteiger partial charge on any atom is 0.0992 e. The Labute approximate surface area is 119 Å². The summed E-state index contributed by atoms with van der Waals surface area (Å²) in [5, 5.41) is 9.07. The van der Waals surface area contributed by atoms with Crippen LogP contribution in [0.15, 0.2) is 48.5 Å². The van der Waals surface area contributed by atoms with Crippen LogP contribution in [-0.4, -0.2) is 6.04 Å². The summed E-state index contributed by atoms with van der Waals surface area (Å²) in [6.45, 7) is 0.838. The molecule has 0 bridgehead atoms. The highest BCUT2D eigenvalue weighted by molar-refractivity contribution is 5.70. The molecule has 0 aromatic heterocycles. The van der Waals surface area contributed by atoms with Crippen LogP contribution in [0.4, 0.5) is 11.4 Å². The standard InChI is InChI=1S/C17H17N3/c18-11-14-6-9-16(19)17(10-14)20(15-7-8-15)12-13-4-2-1-3-5-13/h1-6,9-10,15H,7-8,12,19H2. The van der Waals surface area contributed by atoms with E-state index in [0.29, 0.717) is 11.6 Å². The zero-order chi connectivity index (χ0) is 13.9. The van der Waals surface area contributed by atoms with Crippen molar-refractivity contribution in [2.75, 3.05) is 10.6 Å². The first kappa shape index (κ1) is 12.6. The average Bonchev–Trinajstić information content (AvgIpc) is 3.31. The summed E-state index contributed by atoms with van der Waals surface area (Å²) in [5.41, 5.74) is 9.76. The molecule has 3 rings (SSSR count). The summed E-state index contributed by atoms with van der Waals surface area (Å²) in [6, 6.07) is 18.6. The van der Waals surface area contributed by atoms with Gasteiger partial charge in [-0.25, -0.2) is 0 Å². The molecule has 2 aromatic carbocycles. The molecule has 0 spiro atoms. The van der Waals surface area contributed by atoms with Crippen LogP contribution in [0.2, 0.25) is 0 Å². The van der Waals surface area contributed by atoms with E-state index in [1.165, 1.54) is 18.4 Å². The van der Waals surface area contributed by atoms with Crippen LogP contribution < -0.4 is 10.6 Å². The molecule has 2 N–H and O–H groups in total. The van der Waals surface area contributed by atoms with E-state index in [1.807, 2.05) is 18.2 Å². The Morgan fingerprint density at radius 3 is 2.55 bits per heavy atom. The van der Waals surface area contributed by atoms with E-state index >= 15 is 0 Å². The maximum absolute atomic E-state index is 9.07. The van der Waals surface area contributed by atoms with E-state index in [1.54, 1.807) is 6.07 Å². The normalized spacial score (nSPS) is 13.8. The summed E-state index contributed by atoms with van der Waals surface area (Å²) in [6.07, 6.45) is 2.39. The first-order valence-electron chi connectivity index (χ1n) is 6.88. The van der Waals surface area contributed by atoms with Gasteiger partial charge in [0.25, 0.3) is 0 Å². The lowest BCUT2D eigenvalue weighted by Gasteiger charge is -2.26. The molecule has 0 saturated heterocycles. The quantitative estimate of drug-likeness (QED) is 0.861. The van der Waals surface area contributed by atoms with Gasteiger partial charge < -0.3 is 10.6 Å². The van der Waals surface area contributed by atoms with Crippen LogP contribution in [0.1, 0.15) is 24.0 Å². The highest BCUT2D eigenvalue weighted by atomic mass is 15.2. The third-order valence-corrected chi connectivity index (χ3v) is 3.65. The number of hydrogen-bond donors (Lipinski definition) is 1. The molecule has 20 heavy (non-hydrogen) atoms. The Hall–Kier alpha value is -2.47. The van der Waals surface area contributed by atoms with Crippen molar-refractivity contribution >= 4 is 11.4 Å². The van der Waals surface area contributed by atoms with Crippen LogP contribution >= 0.6 is 0 Å². The van der Waals surface area contributed by atoms with Crippen molar-refractivity contribution in [1.29, 1.82) is 5.26 Å². The minimum absolute atomic E-state index is 0.548. The number of benzene rings is 2. The Kier molecular flexibility index (Phi) is 3.30. The molecule has 1 saturated carbocycles. The molecule has 0 heterocycles. The van der Waals surface area contributed by atoms with Crippen molar-refractivity contribution in [2.45, 2.75) is 25.4 Å². The van der Waals surface area contributed by atoms with E-state index in [2.05, 4.69) is 35.2 Å². The maximum atomic E-state index is 9.07. The zero-order valence-corrected chi connectivity index (χ0v) is 11.3. The van der Waals surface area contributed by atoms with Gasteiger partial charge in [-0.1, -0.05) is 30.3 Å². The SMILES string of the molecule is N#Cc1ccc(N)c(N(Cc2ccccc2)C2CC2)c1. The lowest BCUT2D eigenvalue weighted by molar-refractivity contribution is 0.796. The van der Waals surface area contributed by atoms with Gasteiger partial charge in [-0.05, 0) is 36.6 Å². The fourth-order valence-electron chi connectivity index (χ4n) is 2.44. The number of nitrogen functional groups attached to an aromatic ring is 1. The van der Waals surface area contributed by atoms with Gasteiger partial charge in [-0.15, -0.1) is 0 Å². The Morgan fingerprint density at radius 1 is 1.15 bits per heavy atom. The first-order valence-corrected chi connectivity index (χ1v) is 6.88. The topological polar surface area (TPSA) is 53.1 Å². The van der Waals surface area contributed by atoms with Crippen LogP contribution in [0.3, 0.4) is 0 Å². The summed E-state index contributed by atoms with van der Waals surface area (Å²) in [5.74, 6) is 0. The molecule has 0 unspecified atom stereocenters. The number of anilines is 2. The van der Waals surface area contributed by atoms with Gasteiger partial charge in [0.1, 0.15) is 0 Å². The predicted molar refractivity (Wildman–Crippen MR) is 81.2 cm³/mol. The fraction of sp³-hybridized carbons (Fsp3) is 0.235. The van der Waals surface area contributed by atoms with Gasteiger partial charge in [0.2, 0.25) is 0 Å². The van der Waals surface area contributed by atoms with Crippen molar-refractivity contribution in [1.82, 2.24) is 0 Å². The Morgan fingerprint density at radius 2 is 1.90 bits per heavy atom. The molecule has 0 radical (unpaired) electrons. The monoisotopic (exact) mass is 263 g/mol. The largest absolute Gasteiger partial charge is 0.397 e. The smallest absolute Gasteiger partial charge is 0.0992 e. The highest BCUT2D eigenvalue weighted by Gasteiger charge is 2.30. The molecular weight excluding hydrogens is 246 g/mol. The van der Waals surface area contributed by atoms with Gasteiger partial charge in [0.15, 0.2) is 0 Å². The average molecular weight is 263 g/mol. The molecule has 1 fully saturated rings. The number of nitrogens with two attached hydrogens (primary N) is 1. The molecule has 1 aliphatic rings. The summed E-state index contributed by atoms with van der Waals surface area (Å²) in [4.78, 5) is 2.32. The van der Waals surface area contributed by atoms with E-state index in [-0.39, 0.29) is 0 Å². The molecule has 100 valence electrons. The van der Waals surface area contributed by atoms with E-state index in [4.69, 9.17) is 11.0 Å². The molecule has 0 amide bonds. The van der Waals surface area contributed by atoms with Gasteiger partial charge >= 0.3 is 0 Å². The second-order valence-electron chi connectivity index (χ2n) is 5.23. The summed E-state index contributed by atoms with van der Waals surface area (Å²) in [7, 11) is 0. The lowest BCUT2D eigenvalue weighted by Crippen LogP contribution is -2.26. The van der Waals surface area contributed by atoms with Crippen molar-refractivity contribution in [2.24, 2.45) is 0 Å². The highest BCUT2D eigenvalue weighted by Crippen LogP contribution is 2.36. The minimum atomic E-state index is 0.548. The predicted octanol–water partition coefficient (Wildman–Crippen LogP) is 3.31. The van der Waals surface area contributed by atoms with Gasteiger partial charge in [-0.3, -0.25) is 0 Å². The number of hydrogen-bond acceptors (Lipinski definition) is 3. The molecule has 2 aromatic rings. The summed E-state index contributed by atoms with van der Waals surface area (Å²) >= 11 is 0. The van der Waals surface area contributed by atoms with Crippen molar-refractivity contribution < 1.29 is 0 Å². The van der Waals surface area contributed by atoms with Crippen molar-refractivity contribution in [3.63, 3.8) is 0 Å². The van der Waals surface area contributed by atoms with E-state index in [9.17, 15) is 0 Å². The zero-order valence-electron chi connectivity index (χ0n) is 11.3. The van der Waals surface area contributed by atoms with Crippen LogP contribution in [0, 0.1) is 11.3 Å². The number of rotatable bonds is 4. The summed E-state index contributed by atoms with van der Waals surface area (Å²) < 4.78 is 0. The molecule has 0 atom stereocenters. The van der Waals surface area contributed by atoms with Gasteiger partial charge in [0, 0.05) is 12.6 Å². The molecule has 3 nitrogen and oxygen atoms in total. The van der Waals surface area contributed by atoms with Crippen LogP contribution in [-0.2, 0) is 6.54 Å².